The van der Waals surface area contributed by atoms with E-state index in [4.69, 9.17) is 15.2 Å². The third kappa shape index (κ3) is 2.94. The molecule has 2 aromatic carbocycles. The zero-order valence-corrected chi connectivity index (χ0v) is 19.1. The number of amides is 1. The summed E-state index contributed by atoms with van der Waals surface area (Å²) in [5.41, 5.74) is 6.23. The molecule has 11 nitrogen and oxygen atoms in total. The lowest BCUT2D eigenvalue weighted by atomic mass is 9.68. The highest BCUT2D eigenvalue weighted by Crippen LogP contribution is 2.56. The summed E-state index contributed by atoms with van der Waals surface area (Å²) in [7, 11) is 0. The van der Waals surface area contributed by atoms with Crippen molar-refractivity contribution in [1.29, 1.82) is 0 Å². The standard InChI is InChI=1S/C24H21N5O6/c1-4-34-22(30)18-20(25)35-21-17(13(3)27-28(21)14-8-6-5-7-9-14)24(18)16-11-15(29(32)33)10-12(2)19(16)26-23(24)31/h5-11H,4,25H2,1-3H3,(H,26,31)/t24-/m1/s1. The number of rotatable bonds is 4. The molecule has 1 atom stereocenters. The topological polar surface area (TPSA) is 152 Å². The number of carbonyl (C=O) groups is 2. The Morgan fingerprint density at radius 2 is 2.00 bits per heavy atom. The minimum absolute atomic E-state index is 0.0171. The number of nitrogens with one attached hydrogen (secondary N) is 1. The van der Waals surface area contributed by atoms with Gasteiger partial charge in [0, 0.05) is 23.4 Å². The number of para-hydroxylation sites is 1. The number of aromatic nitrogens is 2. The van der Waals surface area contributed by atoms with Crippen molar-refractivity contribution in [2.24, 2.45) is 5.73 Å². The molecule has 178 valence electrons. The average Bonchev–Trinajstić information content (AvgIpc) is 3.29. The third-order valence-electron chi connectivity index (χ3n) is 6.22. The molecule has 0 fully saturated rings. The molecule has 0 saturated carbocycles. The minimum Gasteiger partial charge on any atom is -0.462 e. The second-order valence-corrected chi connectivity index (χ2v) is 8.22. The Morgan fingerprint density at radius 1 is 1.29 bits per heavy atom. The van der Waals surface area contributed by atoms with Crippen LogP contribution in [0.15, 0.2) is 53.9 Å². The number of nitrogens with two attached hydrogens (primary N) is 1. The Hall–Kier alpha value is -4.67. The highest BCUT2D eigenvalue weighted by Gasteiger charge is 2.61. The Morgan fingerprint density at radius 3 is 2.66 bits per heavy atom. The van der Waals surface area contributed by atoms with Crippen molar-refractivity contribution >= 4 is 23.3 Å². The highest BCUT2D eigenvalue weighted by atomic mass is 16.6. The van der Waals surface area contributed by atoms with Crippen molar-refractivity contribution in [2.75, 3.05) is 11.9 Å². The average molecular weight is 475 g/mol. The van der Waals surface area contributed by atoms with Crippen LogP contribution in [0.5, 0.6) is 5.88 Å². The highest BCUT2D eigenvalue weighted by molar-refractivity contribution is 6.18. The van der Waals surface area contributed by atoms with Gasteiger partial charge in [-0.05, 0) is 38.5 Å². The molecule has 0 bridgehead atoms. The first-order valence-electron chi connectivity index (χ1n) is 10.8. The largest absolute Gasteiger partial charge is 0.462 e. The molecule has 3 N–H and O–H groups in total. The van der Waals surface area contributed by atoms with Crippen molar-refractivity contribution in [3.8, 4) is 11.6 Å². The molecule has 1 aromatic heterocycles. The van der Waals surface area contributed by atoms with Crippen LogP contribution < -0.4 is 15.8 Å². The summed E-state index contributed by atoms with van der Waals surface area (Å²) in [5, 5.41) is 19.1. The summed E-state index contributed by atoms with van der Waals surface area (Å²) in [6.07, 6.45) is 0. The van der Waals surface area contributed by atoms with E-state index in [-0.39, 0.29) is 40.8 Å². The summed E-state index contributed by atoms with van der Waals surface area (Å²) in [6, 6.07) is 11.7. The van der Waals surface area contributed by atoms with E-state index in [1.807, 2.05) is 18.2 Å². The number of nitro groups is 1. The van der Waals surface area contributed by atoms with Gasteiger partial charge in [-0.3, -0.25) is 14.9 Å². The van der Waals surface area contributed by atoms with Gasteiger partial charge in [0.05, 0.1) is 28.5 Å². The van der Waals surface area contributed by atoms with E-state index in [1.165, 1.54) is 16.8 Å². The van der Waals surface area contributed by atoms with Crippen LogP contribution in [0.1, 0.15) is 29.3 Å². The van der Waals surface area contributed by atoms with Gasteiger partial charge in [0.15, 0.2) is 0 Å². The predicted octanol–water partition coefficient (Wildman–Crippen LogP) is 2.76. The molecule has 11 heteroatoms. The zero-order valence-electron chi connectivity index (χ0n) is 19.1. The lowest BCUT2D eigenvalue weighted by molar-refractivity contribution is -0.385. The Kier molecular flexibility index (Phi) is 4.86. The van der Waals surface area contributed by atoms with E-state index >= 15 is 0 Å². The van der Waals surface area contributed by atoms with Gasteiger partial charge in [0.1, 0.15) is 11.0 Å². The zero-order chi connectivity index (χ0) is 25.1. The Bertz CT molecular complexity index is 1460. The van der Waals surface area contributed by atoms with Gasteiger partial charge in [-0.1, -0.05) is 18.2 Å². The van der Waals surface area contributed by atoms with Gasteiger partial charge in [0.25, 0.3) is 5.69 Å². The molecule has 5 rings (SSSR count). The number of nitro benzene ring substituents is 1. The summed E-state index contributed by atoms with van der Waals surface area (Å²) in [5.74, 6) is -1.69. The maximum atomic E-state index is 13.9. The maximum Gasteiger partial charge on any atom is 0.341 e. The summed E-state index contributed by atoms with van der Waals surface area (Å²) in [6.45, 7) is 4.95. The number of ether oxygens (including phenoxy) is 2. The molecule has 2 aliphatic heterocycles. The van der Waals surface area contributed by atoms with Crippen molar-refractivity contribution < 1.29 is 24.0 Å². The van der Waals surface area contributed by atoms with Crippen molar-refractivity contribution in [3.05, 3.63) is 86.4 Å². The SMILES string of the molecule is CCOC(=O)C1=C(N)Oc2c(c(C)nn2-c2ccccc2)[C@@]12C(=O)Nc1c(C)cc([N+](=O)[O-])cc12. The number of aryl methyl sites for hydroxylation is 2. The quantitative estimate of drug-likeness (QED) is 0.332. The molecule has 0 aliphatic carbocycles. The normalized spacial score (nSPS) is 18.1. The first-order chi connectivity index (χ1) is 16.7. The van der Waals surface area contributed by atoms with Gasteiger partial charge in [-0.25, -0.2) is 9.48 Å². The van der Waals surface area contributed by atoms with E-state index in [1.54, 1.807) is 32.9 Å². The molecule has 35 heavy (non-hydrogen) atoms. The maximum absolute atomic E-state index is 13.9. The van der Waals surface area contributed by atoms with E-state index in [9.17, 15) is 19.7 Å². The number of carbonyl (C=O) groups excluding carboxylic acids is 2. The fourth-order valence-electron chi connectivity index (χ4n) is 4.86. The van der Waals surface area contributed by atoms with Crippen molar-refractivity contribution in [3.63, 3.8) is 0 Å². The van der Waals surface area contributed by atoms with E-state index in [0.29, 0.717) is 22.6 Å². The minimum atomic E-state index is -1.87. The van der Waals surface area contributed by atoms with Crippen LogP contribution in [0.25, 0.3) is 5.69 Å². The fraction of sp³-hybridized carbons (Fsp3) is 0.208. The summed E-state index contributed by atoms with van der Waals surface area (Å²) >= 11 is 0. The van der Waals surface area contributed by atoms with Crippen LogP contribution in [-0.2, 0) is 19.7 Å². The Balaban J connectivity index is 1.92. The number of esters is 1. The number of anilines is 1. The van der Waals surface area contributed by atoms with Crippen LogP contribution in [0.4, 0.5) is 11.4 Å². The van der Waals surface area contributed by atoms with Crippen LogP contribution >= 0.6 is 0 Å². The lowest BCUT2D eigenvalue weighted by Gasteiger charge is -2.34. The van der Waals surface area contributed by atoms with Crippen LogP contribution in [-0.4, -0.2) is 33.2 Å². The third-order valence-corrected chi connectivity index (χ3v) is 6.22. The number of benzene rings is 2. The van der Waals surface area contributed by atoms with Gasteiger partial charge in [-0.2, -0.15) is 5.10 Å². The number of non-ortho nitro benzene ring substituents is 1. The second-order valence-electron chi connectivity index (χ2n) is 8.22. The van der Waals surface area contributed by atoms with E-state index < -0.39 is 22.2 Å². The molecule has 0 radical (unpaired) electrons. The van der Waals surface area contributed by atoms with Crippen molar-refractivity contribution in [2.45, 2.75) is 26.2 Å². The van der Waals surface area contributed by atoms with E-state index in [0.717, 1.165) is 0 Å². The molecule has 0 saturated heterocycles. The molecule has 1 amide bonds. The molecule has 1 spiro atoms. The predicted molar refractivity (Wildman–Crippen MR) is 124 cm³/mol. The molecular weight excluding hydrogens is 454 g/mol. The number of hydrogen-bond donors (Lipinski definition) is 2. The molecule has 2 aliphatic rings. The van der Waals surface area contributed by atoms with Gasteiger partial charge >= 0.3 is 5.97 Å². The fourth-order valence-corrected chi connectivity index (χ4v) is 4.86. The molecule has 0 unspecified atom stereocenters. The van der Waals surface area contributed by atoms with E-state index in [2.05, 4.69) is 10.4 Å². The number of fused-ring (bicyclic) bond motifs is 4. The molecular formula is C24H21N5O6. The number of nitrogens with zero attached hydrogens (tertiary/aromatic N) is 3. The Labute approximate surface area is 199 Å². The summed E-state index contributed by atoms with van der Waals surface area (Å²) < 4.78 is 12.7. The first kappa shape index (κ1) is 22.1. The summed E-state index contributed by atoms with van der Waals surface area (Å²) in [4.78, 5) is 38.3. The van der Waals surface area contributed by atoms with Gasteiger partial charge < -0.3 is 20.5 Å². The van der Waals surface area contributed by atoms with Gasteiger partial charge in [0.2, 0.25) is 17.7 Å². The van der Waals surface area contributed by atoms with Crippen LogP contribution in [0.3, 0.4) is 0 Å². The molecule has 3 heterocycles. The second kappa shape index (κ2) is 7.69. The van der Waals surface area contributed by atoms with Crippen LogP contribution in [0, 0.1) is 24.0 Å². The monoisotopic (exact) mass is 475 g/mol. The van der Waals surface area contributed by atoms with Crippen LogP contribution in [0.2, 0.25) is 0 Å². The van der Waals surface area contributed by atoms with Gasteiger partial charge in [-0.15, -0.1) is 0 Å². The molecule has 3 aromatic rings. The lowest BCUT2D eigenvalue weighted by Crippen LogP contribution is -2.46. The smallest absolute Gasteiger partial charge is 0.341 e. The first-order valence-corrected chi connectivity index (χ1v) is 10.8. The number of hydrogen-bond acceptors (Lipinski definition) is 8. The van der Waals surface area contributed by atoms with Crippen molar-refractivity contribution in [1.82, 2.24) is 9.78 Å².